The molecule has 2 amide bonds. The monoisotopic (exact) mass is 392 g/mol. The van der Waals surface area contributed by atoms with Crippen molar-refractivity contribution >= 4 is 11.8 Å². The molecule has 0 unspecified atom stereocenters. The van der Waals surface area contributed by atoms with Crippen molar-refractivity contribution in [1.29, 1.82) is 0 Å². The topological polar surface area (TPSA) is 63.0 Å². The summed E-state index contributed by atoms with van der Waals surface area (Å²) in [5, 5.41) is 0. The molecule has 1 saturated heterocycles. The van der Waals surface area contributed by atoms with Crippen LogP contribution in [0.5, 0.6) is 0 Å². The number of nitrogens with zero attached hydrogens (tertiary/aromatic N) is 2. The summed E-state index contributed by atoms with van der Waals surface area (Å²) in [4.78, 5) is 29.2. The Morgan fingerprint density at radius 2 is 1.96 bits per heavy atom. The van der Waals surface area contributed by atoms with Crippen molar-refractivity contribution in [2.75, 3.05) is 26.2 Å². The number of furan rings is 1. The zero-order valence-corrected chi connectivity index (χ0v) is 17.5. The molecule has 2 rings (SSSR count). The van der Waals surface area contributed by atoms with Crippen molar-refractivity contribution in [1.82, 2.24) is 9.80 Å². The van der Waals surface area contributed by atoms with Gasteiger partial charge in [-0.1, -0.05) is 33.1 Å². The third-order valence-electron chi connectivity index (χ3n) is 5.14. The van der Waals surface area contributed by atoms with Gasteiger partial charge in [0.25, 0.3) is 0 Å². The normalized spacial score (nSPS) is 16.3. The molecule has 1 fully saturated rings. The van der Waals surface area contributed by atoms with Gasteiger partial charge >= 0.3 is 0 Å². The predicted octanol–water partition coefficient (Wildman–Crippen LogP) is 4.00. The van der Waals surface area contributed by atoms with Crippen LogP contribution in [0.1, 0.15) is 71.0 Å². The molecule has 0 saturated carbocycles. The van der Waals surface area contributed by atoms with Crippen LogP contribution in [0.3, 0.4) is 0 Å². The quantitative estimate of drug-likeness (QED) is 0.476. The molecule has 1 aromatic rings. The van der Waals surface area contributed by atoms with E-state index in [0.29, 0.717) is 26.1 Å². The fourth-order valence-electron chi connectivity index (χ4n) is 3.57. The van der Waals surface area contributed by atoms with Crippen molar-refractivity contribution in [2.45, 2.75) is 77.9 Å². The first-order valence-electron chi connectivity index (χ1n) is 10.8. The highest BCUT2D eigenvalue weighted by molar-refractivity contribution is 5.84. The standard InChI is InChI=1S/C22H36N2O4/c1-3-5-6-7-12-21(25)23(13-4-2)18-22(26)24(16-19-10-8-14-27-19)17-20-11-9-15-28-20/h8,10,14,20H,3-7,9,11-13,15-18H2,1-2H3/t20-/m0/s1. The third kappa shape index (κ3) is 7.66. The molecule has 0 aromatic carbocycles. The van der Waals surface area contributed by atoms with Gasteiger partial charge in [-0.3, -0.25) is 9.59 Å². The lowest BCUT2D eigenvalue weighted by atomic mass is 10.1. The van der Waals surface area contributed by atoms with Crippen LogP contribution in [-0.4, -0.2) is 54.0 Å². The molecule has 0 radical (unpaired) electrons. The van der Waals surface area contributed by atoms with E-state index in [2.05, 4.69) is 6.92 Å². The first-order chi connectivity index (χ1) is 13.6. The van der Waals surface area contributed by atoms with E-state index < -0.39 is 0 Å². The Morgan fingerprint density at radius 3 is 2.61 bits per heavy atom. The summed E-state index contributed by atoms with van der Waals surface area (Å²) in [6.07, 6.45) is 9.33. The molecular weight excluding hydrogens is 356 g/mol. The number of carbonyl (C=O) groups excluding carboxylic acids is 2. The van der Waals surface area contributed by atoms with Crippen LogP contribution in [0.4, 0.5) is 0 Å². The van der Waals surface area contributed by atoms with Crippen LogP contribution in [-0.2, 0) is 20.9 Å². The largest absolute Gasteiger partial charge is 0.467 e. The number of hydrogen-bond donors (Lipinski definition) is 0. The second-order valence-electron chi connectivity index (χ2n) is 7.61. The van der Waals surface area contributed by atoms with E-state index in [9.17, 15) is 9.59 Å². The van der Waals surface area contributed by atoms with Gasteiger partial charge < -0.3 is 19.0 Å². The van der Waals surface area contributed by atoms with Gasteiger partial charge in [-0.15, -0.1) is 0 Å². The molecule has 158 valence electrons. The molecule has 0 bridgehead atoms. The summed E-state index contributed by atoms with van der Waals surface area (Å²) in [7, 11) is 0. The van der Waals surface area contributed by atoms with Gasteiger partial charge in [0.1, 0.15) is 5.76 Å². The smallest absolute Gasteiger partial charge is 0.242 e. The molecule has 6 nitrogen and oxygen atoms in total. The molecule has 1 aromatic heterocycles. The van der Waals surface area contributed by atoms with Gasteiger partial charge in [-0.2, -0.15) is 0 Å². The maximum absolute atomic E-state index is 13.1. The number of unbranched alkanes of at least 4 members (excludes halogenated alkanes) is 3. The highest BCUT2D eigenvalue weighted by atomic mass is 16.5. The summed E-state index contributed by atoms with van der Waals surface area (Å²) in [6.45, 7) is 6.66. The Kier molecular flexibility index (Phi) is 10.1. The van der Waals surface area contributed by atoms with Crippen molar-refractivity contribution in [2.24, 2.45) is 0 Å². The van der Waals surface area contributed by atoms with Crippen molar-refractivity contribution in [3.63, 3.8) is 0 Å². The van der Waals surface area contributed by atoms with Gasteiger partial charge in [-0.25, -0.2) is 0 Å². The van der Waals surface area contributed by atoms with Crippen molar-refractivity contribution < 1.29 is 18.7 Å². The summed E-state index contributed by atoms with van der Waals surface area (Å²) < 4.78 is 11.2. The number of rotatable bonds is 13. The van der Waals surface area contributed by atoms with E-state index in [-0.39, 0.29) is 24.5 Å². The molecule has 0 spiro atoms. The lowest BCUT2D eigenvalue weighted by Crippen LogP contribution is -2.45. The zero-order chi connectivity index (χ0) is 20.2. The van der Waals surface area contributed by atoms with E-state index in [0.717, 1.165) is 57.3 Å². The van der Waals surface area contributed by atoms with Crippen LogP contribution in [0.15, 0.2) is 22.8 Å². The second-order valence-corrected chi connectivity index (χ2v) is 7.61. The highest BCUT2D eigenvalue weighted by Crippen LogP contribution is 2.16. The molecule has 1 aliphatic rings. The molecule has 1 aliphatic heterocycles. The number of amides is 2. The van der Waals surface area contributed by atoms with Crippen molar-refractivity contribution in [3.8, 4) is 0 Å². The van der Waals surface area contributed by atoms with Crippen molar-refractivity contribution in [3.05, 3.63) is 24.2 Å². The van der Waals surface area contributed by atoms with Crippen LogP contribution in [0.25, 0.3) is 0 Å². The molecule has 1 atom stereocenters. The summed E-state index contributed by atoms with van der Waals surface area (Å²) in [6, 6.07) is 3.70. The van der Waals surface area contributed by atoms with Crippen LogP contribution >= 0.6 is 0 Å². The van der Waals surface area contributed by atoms with Crippen LogP contribution in [0, 0.1) is 0 Å². The fourth-order valence-corrected chi connectivity index (χ4v) is 3.57. The minimum Gasteiger partial charge on any atom is -0.467 e. The molecule has 0 aliphatic carbocycles. The molecular formula is C22H36N2O4. The average Bonchev–Trinajstić information content (AvgIpc) is 3.38. The Hall–Kier alpha value is -1.82. The first-order valence-corrected chi connectivity index (χ1v) is 10.8. The highest BCUT2D eigenvalue weighted by Gasteiger charge is 2.26. The van der Waals surface area contributed by atoms with E-state index in [1.807, 2.05) is 19.1 Å². The fraction of sp³-hybridized carbons (Fsp3) is 0.727. The lowest BCUT2D eigenvalue weighted by Gasteiger charge is -2.28. The van der Waals surface area contributed by atoms with Gasteiger partial charge in [0.05, 0.1) is 25.5 Å². The van der Waals surface area contributed by atoms with Crippen LogP contribution in [0.2, 0.25) is 0 Å². The Balaban J connectivity index is 1.95. The van der Waals surface area contributed by atoms with E-state index in [1.165, 1.54) is 0 Å². The van der Waals surface area contributed by atoms with Crippen LogP contribution < -0.4 is 0 Å². The molecule has 6 heteroatoms. The Bertz CT molecular complexity index is 567. The van der Waals surface area contributed by atoms with Gasteiger partial charge in [0, 0.05) is 26.1 Å². The Morgan fingerprint density at radius 1 is 1.11 bits per heavy atom. The number of carbonyl (C=O) groups is 2. The van der Waals surface area contributed by atoms with Gasteiger partial charge in [0.2, 0.25) is 11.8 Å². The third-order valence-corrected chi connectivity index (χ3v) is 5.14. The summed E-state index contributed by atoms with van der Waals surface area (Å²) >= 11 is 0. The van der Waals surface area contributed by atoms with E-state index in [1.54, 1.807) is 16.1 Å². The first kappa shape index (κ1) is 22.5. The second kappa shape index (κ2) is 12.6. The average molecular weight is 393 g/mol. The zero-order valence-electron chi connectivity index (χ0n) is 17.5. The van der Waals surface area contributed by atoms with Gasteiger partial charge in [-0.05, 0) is 37.8 Å². The maximum Gasteiger partial charge on any atom is 0.242 e. The Labute approximate surface area is 169 Å². The minimum atomic E-state index is -0.0396. The van der Waals surface area contributed by atoms with E-state index >= 15 is 0 Å². The molecule has 0 N–H and O–H groups in total. The number of ether oxygens (including phenoxy) is 1. The maximum atomic E-state index is 13.1. The van der Waals surface area contributed by atoms with E-state index in [4.69, 9.17) is 9.15 Å². The minimum absolute atomic E-state index is 0.0396. The molecule has 28 heavy (non-hydrogen) atoms. The lowest BCUT2D eigenvalue weighted by molar-refractivity contribution is -0.142. The SMILES string of the molecule is CCCCCCC(=O)N(CCC)CC(=O)N(Cc1ccco1)C[C@@H]1CCCO1. The summed E-state index contributed by atoms with van der Waals surface area (Å²) in [5.74, 6) is 0.794. The molecule has 2 heterocycles. The predicted molar refractivity (Wildman–Crippen MR) is 109 cm³/mol. The summed E-state index contributed by atoms with van der Waals surface area (Å²) in [5.41, 5.74) is 0. The van der Waals surface area contributed by atoms with Gasteiger partial charge in [0.15, 0.2) is 0 Å². The number of hydrogen-bond acceptors (Lipinski definition) is 4.